The third-order valence-corrected chi connectivity index (χ3v) is 3.70. The lowest BCUT2D eigenvalue weighted by molar-refractivity contribution is 0.0423. The van der Waals surface area contributed by atoms with Gasteiger partial charge in [-0.15, -0.1) is 0 Å². The van der Waals surface area contributed by atoms with Gasteiger partial charge in [-0.05, 0) is 24.8 Å². The van der Waals surface area contributed by atoms with Gasteiger partial charge in [-0.1, -0.05) is 30.3 Å². The molecule has 0 saturated carbocycles. The number of hydrogen-bond acceptors (Lipinski definition) is 2. The van der Waals surface area contributed by atoms with Gasteiger partial charge in [0.15, 0.2) is 0 Å². The molecule has 0 amide bonds. The van der Waals surface area contributed by atoms with Crippen molar-refractivity contribution in [2.45, 2.75) is 37.6 Å². The number of hydrogen-bond donors (Lipinski definition) is 1. The molecular weight excluding hydrogens is 188 g/mol. The Balaban J connectivity index is 1.78. The summed E-state index contributed by atoms with van der Waals surface area (Å²) < 4.78 is 5.77. The fraction of sp³-hybridized carbons (Fsp3) is 0.538. The molecule has 0 aromatic heterocycles. The standard InChI is InChI=1S/C13H16O2/c14-13(9-4-2-1-3-5-9)11-8-10-6-7-12(11)15-10/h1-5,10-14H,6-8H2. The summed E-state index contributed by atoms with van der Waals surface area (Å²) in [6, 6.07) is 9.93. The van der Waals surface area contributed by atoms with Gasteiger partial charge in [-0.25, -0.2) is 0 Å². The highest BCUT2D eigenvalue weighted by Crippen LogP contribution is 2.44. The molecule has 2 saturated heterocycles. The number of aliphatic hydroxyl groups is 1. The van der Waals surface area contributed by atoms with Crippen LogP contribution in [0.4, 0.5) is 0 Å². The second kappa shape index (κ2) is 3.62. The zero-order chi connectivity index (χ0) is 10.3. The molecule has 2 heteroatoms. The van der Waals surface area contributed by atoms with Crippen LogP contribution in [0.2, 0.25) is 0 Å². The van der Waals surface area contributed by atoms with Crippen LogP contribution in [0.5, 0.6) is 0 Å². The molecule has 2 fully saturated rings. The first-order valence-corrected chi connectivity index (χ1v) is 5.73. The maximum atomic E-state index is 10.3. The van der Waals surface area contributed by atoms with Crippen LogP contribution in [0.15, 0.2) is 30.3 Å². The fourth-order valence-corrected chi connectivity index (χ4v) is 2.91. The van der Waals surface area contributed by atoms with E-state index < -0.39 is 0 Å². The number of aliphatic hydroxyl groups excluding tert-OH is 1. The van der Waals surface area contributed by atoms with Gasteiger partial charge in [0.25, 0.3) is 0 Å². The molecular formula is C13H16O2. The Labute approximate surface area is 89.9 Å². The van der Waals surface area contributed by atoms with Gasteiger partial charge in [0.2, 0.25) is 0 Å². The van der Waals surface area contributed by atoms with Gasteiger partial charge in [0, 0.05) is 5.92 Å². The molecule has 1 aromatic carbocycles. The monoisotopic (exact) mass is 204 g/mol. The van der Waals surface area contributed by atoms with Crippen molar-refractivity contribution >= 4 is 0 Å². The van der Waals surface area contributed by atoms with E-state index in [-0.39, 0.29) is 6.10 Å². The molecule has 4 atom stereocenters. The van der Waals surface area contributed by atoms with Crippen molar-refractivity contribution in [2.24, 2.45) is 5.92 Å². The lowest BCUT2D eigenvalue weighted by Gasteiger charge is -2.24. The molecule has 2 aliphatic rings. The van der Waals surface area contributed by atoms with Gasteiger partial charge in [0.1, 0.15) is 0 Å². The van der Waals surface area contributed by atoms with E-state index in [1.54, 1.807) is 0 Å². The summed E-state index contributed by atoms with van der Waals surface area (Å²) in [6.45, 7) is 0. The first-order valence-electron chi connectivity index (χ1n) is 5.73. The summed E-state index contributed by atoms with van der Waals surface area (Å²) in [5, 5.41) is 10.3. The van der Waals surface area contributed by atoms with E-state index in [4.69, 9.17) is 4.74 Å². The number of benzene rings is 1. The Morgan fingerprint density at radius 2 is 2.00 bits per heavy atom. The van der Waals surface area contributed by atoms with Gasteiger partial charge in [-0.2, -0.15) is 0 Å². The van der Waals surface area contributed by atoms with Gasteiger partial charge in [0.05, 0.1) is 18.3 Å². The summed E-state index contributed by atoms with van der Waals surface area (Å²) in [7, 11) is 0. The SMILES string of the molecule is OC(c1ccccc1)C1CC2CCC1O2. The van der Waals surface area contributed by atoms with Crippen LogP contribution in [0.3, 0.4) is 0 Å². The lowest BCUT2D eigenvalue weighted by atomic mass is 9.83. The van der Waals surface area contributed by atoms with Crippen molar-refractivity contribution in [1.82, 2.24) is 0 Å². The van der Waals surface area contributed by atoms with Crippen molar-refractivity contribution in [1.29, 1.82) is 0 Å². The molecule has 0 aliphatic carbocycles. The van der Waals surface area contributed by atoms with Crippen LogP contribution in [0, 0.1) is 5.92 Å². The highest BCUT2D eigenvalue weighted by Gasteiger charge is 2.44. The largest absolute Gasteiger partial charge is 0.388 e. The molecule has 80 valence electrons. The van der Waals surface area contributed by atoms with Gasteiger partial charge in [-0.3, -0.25) is 0 Å². The van der Waals surface area contributed by atoms with Gasteiger partial charge >= 0.3 is 0 Å². The summed E-state index contributed by atoms with van der Waals surface area (Å²) in [5.41, 5.74) is 1.03. The van der Waals surface area contributed by atoms with Crippen LogP contribution < -0.4 is 0 Å². The predicted octanol–water partition coefficient (Wildman–Crippen LogP) is 2.29. The molecule has 2 heterocycles. The maximum Gasteiger partial charge on any atom is 0.0843 e. The normalized spacial score (nSPS) is 35.7. The number of fused-ring (bicyclic) bond motifs is 2. The van der Waals surface area contributed by atoms with Gasteiger partial charge < -0.3 is 9.84 Å². The second-order valence-electron chi connectivity index (χ2n) is 4.63. The summed E-state index contributed by atoms with van der Waals surface area (Å²) in [4.78, 5) is 0. The maximum absolute atomic E-state index is 10.3. The summed E-state index contributed by atoms with van der Waals surface area (Å²) >= 11 is 0. The first-order chi connectivity index (χ1) is 7.34. The molecule has 2 aliphatic heterocycles. The zero-order valence-electron chi connectivity index (χ0n) is 8.67. The minimum absolute atomic E-state index is 0.296. The zero-order valence-corrected chi connectivity index (χ0v) is 8.67. The van der Waals surface area contributed by atoms with E-state index in [9.17, 15) is 5.11 Å². The van der Waals surface area contributed by atoms with Crippen LogP contribution in [0.1, 0.15) is 30.9 Å². The summed E-state index contributed by atoms with van der Waals surface area (Å²) in [5.74, 6) is 0.311. The average molecular weight is 204 g/mol. The Morgan fingerprint density at radius 3 is 2.60 bits per heavy atom. The van der Waals surface area contributed by atoms with Crippen LogP contribution >= 0.6 is 0 Å². The van der Waals surface area contributed by atoms with Crippen molar-refractivity contribution in [3.05, 3.63) is 35.9 Å². The Kier molecular flexibility index (Phi) is 2.26. The highest BCUT2D eigenvalue weighted by molar-refractivity contribution is 5.19. The Morgan fingerprint density at radius 1 is 1.20 bits per heavy atom. The second-order valence-corrected chi connectivity index (χ2v) is 4.63. The molecule has 1 N–H and O–H groups in total. The van der Waals surface area contributed by atoms with Crippen molar-refractivity contribution < 1.29 is 9.84 Å². The van der Waals surface area contributed by atoms with E-state index in [1.807, 2.05) is 30.3 Å². The third kappa shape index (κ3) is 1.58. The third-order valence-electron chi connectivity index (χ3n) is 3.70. The Bertz CT molecular complexity index is 336. The fourth-order valence-electron chi connectivity index (χ4n) is 2.91. The predicted molar refractivity (Wildman–Crippen MR) is 57.4 cm³/mol. The lowest BCUT2D eigenvalue weighted by Crippen LogP contribution is -2.23. The van der Waals surface area contributed by atoms with E-state index in [2.05, 4.69) is 0 Å². The molecule has 1 aromatic rings. The number of rotatable bonds is 2. The highest BCUT2D eigenvalue weighted by atomic mass is 16.5. The topological polar surface area (TPSA) is 29.5 Å². The minimum atomic E-state index is -0.346. The molecule has 2 bridgehead atoms. The first kappa shape index (κ1) is 9.37. The van der Waals surface area contributed by atoms with Crippen molar-refractivity contribution in [3.63, 3.8) is 0 Å². The number of ether oxygens (including phenoxy) is 1. The molecule has 3 rings (SSSR count). The van der Waals surface area contributed by atoms with Crippen LogP contribution in [0.25, 0.3) is 0 Å². The van der Waals surface area contributed by atoms with E-state index in [0.29, 0.717) is 18.1 Å². The van der Waals surface area contributed by atoms with E-state index in [0.717, 1.165) is 18.4 Å². The Hall–Kier alpha value is -0.860. The average Bonchev–Trinajstić information content (AvgIpc) is 2.91. The van der Waals surface area contributed by atoms with Crippen molar-refractivity contribution in [2.75, 3.05) is 0 Å². The molecule has 2 nitrogen and oxygen atoms in total. The quantitative estimate of drug-likeness (QED) is 0.801. The van der Waals surface area contributed by atoms with E-state index >= 15 is 0 Å². The smallest absolute Gasteiger partial charge is 0.0843 e. The van der Waals surface area contributed by atoms with Crippen LogP contribution in [-0.2, 0) is 4.74 Å². The molecule has 0 spiro atoms. The molecule has 4 unspecified atom stereocenters. The van der Waals surface area contributed by atoms with Crippen LogP contribution in [-0.4, -0.2) is 17.3 Å². The van der Waals surface area contributed by atoms with E-state index in [1.165, 1.54) is 6.42 Å². The molecule has 15 heavy (non-hydrogen) atoms. The van der Waals surface area contributed by atoms with Crippen molar-refractivity contribution in [3.8, 4) is 0 Å². The minimum Gasteiger partial charge on any atom is -0.388 e. The summed E-state index contributed by atoms with van der Waals surface area (Å²) in [6.07, 6.45) is 3.70. The molecule has 0 radical (unpaired) electrons.